The Kier molecular flexibility index (Phi) is 6.41. The Balaban J connectivity index is 1.28. The number of aromatic nitrogens is 4. The summed E-state index contributed by atoms with van der Waals surface area (Å²) in [6.45, 7) is 6.89. The first-order valence-electron chi connectivity index (χ1n) is 11.8. The quantitative estimate of drug-likeness (QED) is 0.460. The van der Waals surface area contributed by atoms with Crippen LogP contribution in [0.3, 0.4) is 0 Å². The molecular formula is C24H30N6O2S2. The Morgan fingerprint density at radius 2 is 1.76 bits per heavy atom. The average molecular weight is 499 g/mol. The number of hydrogen-bond donors (Lipinski definition) is 0. The molecule has 1 saturated carbocycles. The van der Waals surface area contributed by atoms with Gasteiger partial charge in [0.1, 0.15) is 0 Å². The minimum absolute atomic E-state index is 0.358. The van der Waals surface area contributed by atoms with Crippen LogP contribution in [0.5, 0.6) is 0 Å². The molecular weight excluding hydrogens is 468 g/mol. The van der Waals surface area contributed by atoms with E-state index in [1.54, 1.807) is 22.6 Å². The zero-order chi connectivity index (χ0) is 23.9. The van der Waals surface area contributed by atoms with Gasteiger partial charge in [-0.2, -0.15) is 9.40 Å². The molecule has 1 saturated heterocycles. The summed E-state index contributed by atoms with van der Waals surface area (Å²) in [5.74, 6) is 1.22. The molecule has 2 aliphatic rings. The molecule has 0 unspecified atom stereocenters. The maximum absolute atomic E-state index is 13.1. The first-order chi connectivity index (χ1) is 16.3. The molecule has 1 aliphatic heterocycles. The molecule has 2 fully saturated rings. The summed E-state index contributed by atoms with van der Waals surface area (Å²) in [5, 5.41) is 4.84. The van der Waals surface area contributed by atoms with Crippen LogP contribution >= 0.6 is 12.2 Å². The highest BCUT2D eigenvalue weighted by atomic mass is 32.2. The van der Waals surface area contributed by atoms with E-state index in [0.717, 1.165) is 29.8 Å². The van der Waals surface area contributed by atoms with Crippen LogP contribution in [0.4, 0.5) is 0 Å². The molecule has 8 nitrogen and oxygen atoms in total. The van der Waals surface area contributed by atoms with Gasteiger partial charge in [0, 0.05) is 50.2 Å². The largest absolute Gasteiger partial charge is 0.297 e. The topological polar surface area (TPSA) is 76.3 Å². The monoisotopic (exact) mass is 498 g/mol. The predicted octanol–water partition coefficient (Wildman–Crippen LogP) is 3.90. The van der Waals surface area contributed by atoms with Crippen LogP contribution in [-0.2, 0) is 16.7 Å². The Morgan fingerprint density at radius 3 is 2.35 bits per heavy atom. The van der Waals surface area contributed by atoms with Gasteiger partial charge in [0.05, 0.1) is 11.6 Å². The van der Waals surface area contributed by atoms with Crippen molar-refractivity contribution in [3.05, 3.63) is 59.1 Å². The standard InChI is InChI=1S/C24H30N6O2S2/c1-18(2)19-5-9-22(10-6-19)34(31,32)28-14-12-27(13-15-28)17-29-24(33)30(21-7-8-21)23(26-29)20-4-3-11-25-16-20/h3-6,9-11,16,18,21H,7-8,12-15,17H2,1-2H3. The molecule has 3 aromatic rings. The minimum atomic E-state index is -3.50. The van der Waals surface area contributed by atoms with Crippen molar-refractivity contribution in [2.24, 2.45) is 0 Å². The minimum Gasteiger partial charge on any atom is -0.297 e. The van der Waals surface area contributed by atoms with Crippen molar-refractivity contribution in [1.29, 1.82) is 0 Å². The molecule has 0 amide bonds. The second-order valence-electron chi connectivity index (χ2n) is 9.34. The lowest BCUT2D eigenvalue weighted by atomic mass is 10.0. The van der Waals surface area contributed by atoms with Gasteiger partial charge in [-0.25, -0.2) is 13.1 Å². The predicted molar refractivity (Wildman–Crippen MR) is 133 cm³/mol. The number of sulfonamides is 1. The second-order valence-corrected chi connectivity index (χ2v) is 11.6. The van der Waals surface area contributed by atoms with E-state index in [0.29, 0.717) is 54.5 Å². The van der Waals surface area contributed by atoms with Gasteiger partial charge in [0.15, 0.2) is 10.6 Å². The van der Waals surface area contributed by atoms with Crippen LogP contribution in [0.25, 0.3) is 11.4 Å². The molecule has 0 radical (unpaired) electrons. The maximum atomic E-state index is 13.1. The van der Waals surface area contributed by atoms with Gasteiger partial charge < -0.3 is 0 Å². The molecule has 0 atom stereocenters. The fourth-order valence-electron chi connectivity index (χ4n) is 4.34. The van der Waals surface area contributed by atoms with E-state index in [9.17, 15) is 8.42 Å². The molecule has 0 N–H and O–H groups in total. The smallest absolute Gasteiger partial charge is 0.243 e. The summed E-state index contributed by atoms with van der Waals surface area (Å²) in [6.07, 6.45) is 5.80. The lowest BCUT2D eigenvalue weighted by Crippen LogP contribution is -2.48. The number of hydrogen-bond acceptors (Lipinski definition) is 6. The molecule has 2 aromatic heterocycles. The third-order valence-corrected chi connectivity index (χ3v) is 8.87. The van der Waals surface area contributed by atoms with E-state index in [1.807, 2.05) is 35.1 Å². The van der Waals surface area contributed by atoms with Gasteiger partial charge in [-0.15, -0.1) is 0 Å². The Hall–Kier alpha value is -2.40. The molecule has 0 spiro atoms. The van der Waals surface area contributed by atoms with Gasteiger partial charge in [-0.05, 0) is 60.8 Å². The Morgan fingerprint density at radius 1 is 1.06 bits per heavy atom. The van der Waals surface area contributed by atoms with Crippen molar-refractivity contribution in [3.8, 4) is 11.4 Å². The van der Waals surface area contributed by atoms with Crippen LogP contribution in [-0.4, -0.2) is 63.1 Å². The lowest BCUT2D eigenvalue weighted by molar-refractivity contribution is 0.144. The zero-order valence-electron chi connectivity index (χ0n) is 19.5. The summed E-state index contributed by atoms with van der Waals surface area (Å²) in [7, 11) is -3.50. The summed E-state index contributed by atoms with van der Waals surface area (Å²) < 4.78 is 32.6. The van der Waals surface area contributed by atoms with Crippen LogP contribution < -0.4 is 0 Å². The van der Waals surface area contributed by atoms with Gasteiger partial charge in [-0.3, -0.25) is 14.5 Å². The van der Waals surface area contributed by atoms with E-state index in [-0.39, 0.29) is 0 Å². The number of nitrogens with zero attached hydrogens (tertiary/aromatic N) is 6. The molecule has 0 bridgehead atoms. The molecule has 34 heavy (non-hydrogen) atoms. The van der Waals surface area contributed by atoms with E-state index < -0.39 is 10.0 Å². The van der Waals surface area contributed by atoms with Gasteiger partial charge in [0.25, 0.3) is 0 Å². The van der Waals surface area contributed by atoms with Crippen molar-refractivity contribution in [1.82, 2.24) is 28.5 Å². The van der Waals surface area contributed by atoms with Gasteiger partial charge in [0.2, 0.25) is 10.0 Å². The van der Waals surface area contributed by atoms with Crippen LogP contribution in [0.2, 0.25) is 0 Å². The van der Waals surface area contributed by atoms with E-state index in [4.69, 9.17) is 17.3 Å². The number of pyridine rings is 1. The normalized spacial score (nSPS) is 18.0. The Labute approximate surface area is 205 Å². The molecule has 3 heterocycles. The van der Waals surface area contributed by atoms with Crippen molar-refractivity contribution >= 4 is 22.2 Å². The number of piperazine rings is 1. The molecule has 180 valence electrons. The van der Waals surface area contributed by atoms with Crippen molar-refractivity contribution in [2.45, 2.75) is 50.2 Å². The summed E-state index contributed by atoms with van der Waals surface area (Å²) in [6, 6.07) is 11.6. The third kappa shape index (κ3) is 4.59. The zero-order valence-corrected chi connectivity index (χ0v) is 21.2. The van der Waals surface area contributed by atoms with Crippen LogP contribution in [0.1, 0.15) is 44.2 Å². The van der Waals surface area contributed by atoms with Crippen molar-refractivity contribution in [2.75, 3.05) is 26.2 Å². The number of rotatable bonds is 7. The molecule has 10 heteroatoms. The summed E-state index contributed by atoms with van der Waals surface area (Å²) in [5.41, 5.74) is 2.09. The fourth-order valence-corrected chi connectivity index (χ4v) is 6.10. The summed E-state index contributed by atoms with van der Waals surface area (Å²) in [4.78, 5) is 6.80. The highest BCUT2D eigenvalue weighted by Crippen LogP contribution is 2.38. The fraction of sp³-hybridized carbons (Fsp3) is 0.458. The average Bonchev–Trinajstić information content (AvgIpc) is 3.64. The summed E-state index contributed by atoms with van der Waals surface area (Å²) >= 11 is 5.78. The SMILES string of the molecule is CC(C)c1ccc(S(=O)(=O)N2CCN(Cn3nc(-c4cccnc4)n(C4CC4)c3=S)CC2)cc1. The first kappa shape index (κ1) is 23.3. The molecule has 1 aromatic carbocycles. The van der Waals surface area contributed by atoms with E-state index in [1.165, 1.54) is 0 Å². The molecule has 5 rings (SSSR count). The third-order valence-electron chi connectivity index (χ3n) is 6.55. The highest BCUT2D eigenvalue weighted by molar-refractivity contribution is 7.89. The second kappa shape index (κ2) is 9.33. The highest BCUT2D eigenvalue weighted by Gasteiger charge is 2.31. The van der Waals surface area contributed by atoms with Crippen LogP contribution in [0.15, 0.2) is 53.7 Å². The number of benzene rings is 1. The van der Waals surface area contributed by atoms with Gasteiger partial charge >= 0.3 is 0 Å². The van der Waals surface area contributed by atoms with Gasteiger partial charge in [-0.1, -0.05) is 26.0 Å². The van der Waals surface area contributed by atoms with Crippen molar-refractivity contribution in [3.63, 3.8) is 0 Å². The van der Waals surface area contributed by atoms with E-state index >= 15 is 0 Å². The Bertz CT molecular complexity index is 1300. The van der Waals surface area contributed by atoms with Crippen molar-refractivity contribution < 1.29 is 8.42 Å². The molecule has 1 aliphatic carbocycles. The van der Waals surface area contributed by atoms with E-state index in [2.05, 4.69) is 28.3 Å². The first-order valence-corrected chi connectivity index (χ1v) is 13.6. The maximum Gasteiger partial charge on any atom is 0.243 e. The van der Waals surface area contributed by atoms with Crippen LogP contribution in [0, 0.1) is 4.77 Å². The lowest BCUT2D eigenvalue weighted by Gasteiger charge is -2.33.